The smallest absolute Gasteiger partial charge is 0.273 e. The van der Waals surface area contributed by atoms with Crippen LogP contribution in [0.15, 0.2) is 18.2 Å². The number of benzene rings is 1. The fourth-order valence-corrected chi connectivity index (χ4v) is 2.84. The molecule has 0 spiro atoms. The SMILES string of the molecule is CC1CCCC(CN)N1C(=O)c1cc(F)cc([N+](=O)[O-])c1. The lowest BCUT2D eigenvalue weighted by Gasteiger charge is -2.40. The summed E-state index contributed by atoms with van der Waals surface area (Å²) >= 11 is 0. The van der Waals surface area contributed by atoms with E-state index in [2.05, 4.69) is 0 Å². The molecule has 0 bridgehead atoms. The molecule has 1 aromatic rings. The zero-order valence-electron chi connectivity index (χ0n) is 11.8. The topological polar surface area (TPSA) is 89.5 Å². The molecule has 1 aliphatic rings. The molecule has 21 heavy (non-hydrogen) atoms. The summed E-state index contributed by atoms with van der Waals surface area (Å²) in [6.45, 7) is 2.24. The van der Waals surface area contributed by atoms with Gasteiger partial charge in [0.15, 0.2) is 0 Å². The van der Waals surface area contributed by atoms with Crippen molar-refractivity contribution >= 4 is 11.6 Å². The second-order valence-corrected chi connectivity index (χ2v) is 5.34. The van der Waals surface area contributed by atoms with E-state index < -0.39 is 22.3 Å². The van der Waals surface area contributed by atoms with Crippen molar-refractivity contribution in [3.8, 4) is 0 Å². The van der Waals surface area contributed by atoms with Crippen LogP contribution in [0.3, 0.4) is 0 Å². The van der Waals surface area contributed by atoms with Crippen LogP contribution in [0, 0.1) is 15.9 Å². The van der Waals surface area contributed by atoms with Crippen molar-refractivity contribution in [3.63, 3.8) is 0 Å². The number of hydrogen-bond donors (Lipinski definition) is 1. The number of nitro benzene ring substituents is 1. The van der Waals surface area contributed by atoms with Crippen molar-refractivity contribution in [1.82, 2.24) is 4.90 Å². The van der Waals surface area contributed by atoms with E-state index in [-0.39, 0.29) is 17.6 Å². The molecule has 6 nitrogen and oxygen atoms in total. The molecule has 1 aliphatic heterocycles. The molecule has 114 valence electrons. The molecule has 2 unspecified atom stereocenters. The molecular weight excluding hydrogens is 277 g/mol. The summed E-state index contributed by atoms with van der Waals surface area (Å²) in [5, 5.41) is 10.8. The van der Waals surface area contributed by atoms with Gasteiger partial charge in [-0.2, -0.15) is 0 Å². The van der Waals surface area contributed by atoms with Crippen LogP contribution in [-0.2, 0) is 0 Å². The lowest BCUT2D eigenvalue weighted by Crippen LogP contribution is -2.51. The van der Waals surface area contributed by atoms with Gasteiger partial charge in [-0.1, -0.05) is 0 Å². The molecule has 0 radical (unpaired) electrons. The molecule has 0 aromatic heterocycles. The van der Waals surface area contributed by atoms with Crippen molar-refractivity contribution < 1.29 is 14.1 Å². The van der Waals surface area contributed by atoms with Gasteiger partial charge in [0.25, 0.3) is 11.6 Å². The molecule has 7 heteroatoms. The van der Waals surface area contributed by atoms with Crippen LogP contribution in [0.2, 0.25) is 0 Å². The number of rotatable bonds is 3. The molecule has 2 N–H and O–H groups in total. The fraction of sp³-hybridized carbons (Fsp3) is 0.500. The van der Waals surface area contributed by atoms with Crippen LogP contribution in [-0.4, -0.2) is 34.4 Å². The van der Waals surface area contributed by atoms with Crippen LogP contribution >= 0.6 is 0 Å². The van der Waals surface area contributed by atoms with E-state index in [0.717, 1.165) is 37.5 Å². The van der Waals surface area contributed by atoms with Gasteiger partial charge in [-0.15, -0.1) is 0 Å². The number of carbonyl (C=O) groups is 1. The van der Waals surface area contributed by atoms with Gasteiger partial charge in [-0.25, -0.2) is 4.39 Å². The predicted molar refractivity (Wildman–Crippen MR) is 75.4 cm³/mol. The van der Waals surface area contributed by atoms with Crippen molar-refractivity contribution in [2.24, 2.45) is 5.73 Å². The van der Waals surface area contributed by atoms with E-state index >= 15 is 0 Å². The Morgan fingerprint density at radius 2 is 2.19 bits per heavy atom. The highest BCUT2D eigenvalue weighted by molar-refractivity contribution is 5.95. The zero-order valence-corrected chi connectivity index (χ0v) is 11.8. The quantitative estimate of drug-likeness (QED) is 0.683. The van der Waals surface area contributed by atoms with Gasteiger partial charge in [-0.05, 0) is 32.3 Å². The van der Waals surface area contributed by atoms with E-state index in [1.165, 1.54) is 0 Å². The van der Waals surface area contributed by atoms with E-state index in [9.17, 15) is 19.3 Å². The molecule has 1 fully saturated rings. The molecule has 2 rings (SSSR count). The first kappa shape index (κ1) is 15.4. The third-order valence-corrected chi connectivity index (χ3v) is 3.87. The number of amides is 1. The summed E-state index contributed by atoms with van der Waals surface area (Å²) in [7, 11) is 0. The van der Waals surface area contributed by atoms with Gasteiger partial charge in [0.1, 0.15) is 5.82 Å². The largest absolute Gasteiger partial charge is 0.332 e. The van der Waals surface area contributed by atoms with E-state index in [1.54, 1.807) is 4.90 Å². The highest BCUT2D eigenvalue weighted by Crippen LogP contribution is 2.26. The average Bonchev–Trinajstić information content (AvgIpc) is 2.45. The first-order valence-electron chi connectivity index (χ1n) is 6.91. The Morgan fingerprint density at radius 3 is 2.81 bits per heavy atom. The summed E-state index contributed by atoms with van der Waals surface area (Å²) in [5.74, 6) is -1.19. The minimum atomic E-state index is -0.790. The number of non-ortho nitro benzene ring substituents is 1. The molecule has 1 amide bonds. The third-order valence-electron chi connectivity index (χ3n) is 3.87. The Kier molecular flexibility index (Phi) is 4.52. The average molecular weight is 295 g/mol. The Hall–Kier alpha value is -2.02. The molecule has 1 aromatic carbocycles. The number of carbonyl (C=O) groups excluding carboxylic acids is 1. The van der Waals surface area contributed by atoms with Crippen molar-refractivity contribution in [3.05, 3.63) is 39.7 Å². The lowest BCUT2D eigenvalue weighted by molar-refractivity contribution is -0.385. The van der Waals surface area contributed by atoms with Crippen molar-refractivity contribution in [1.29, 1.82) is 0 Å². The molecule has 1 saturated heterocycles. The van der Waals surface area contributed by atoms with Crippen molar-refractivity contribution in [2.45, 2.75) is 38.3 Å². The maximum atomic E-state index is 13.5. The Labute approximate surface area is 121 Å². The first-order chi connectivity index (χ1) is 9.93. The fourth-order valence-electron chi connectivity index (χ4n) is 2.84. The molecular formula is C14H18FN3O3. The van der Waals surface area contributed by atoms with Gasteiger partial charge >= 0.3 is 0 Å². The molecule has 2 atom stereocenters. The Bertz CT molecular complexity index is 564. The molecule has 0 aliphatic carbocycles. The standard InChI is InChI=1S/C14H18FN3O3/c1-9-3-2-4-12(8-16)17(9)14(19)10-5-11(15)7-13(6-10)18(20)21/h5-7,9,12H,2-4,8,16H2,1H3. The van der Waals surface area contributed by atoms with Crippen LogP contribution in [0.4, 0.5) is 10.1 Å². The highest BCUT2D eigenvalue weighted by Gasteiger charge is 2.32. The summed E-state index contributed by atoms with van der Waals surface area (Å²) in [5.41, 5.74) is 5.27. The minimum Gasteiger partial charge on any atom is -0.332 e. The summed E-state index contributed by atoms with van der Waals surface area (Å²) < 4.78 is 13.5. The number of nitro groups is 1. The minimum absolute atomic E-state index is 0.00565. The maximum Gasteiger partial charge on any atom is 0.273 e. The summed E-state index contributed by atoms with van der Waals surface area (Å²) in [6.07, 6.45) is 2.62. The van der Waals surface area contributed by atoms with E-state index in [4.69, 9.17) is 5.73 Å². The number of nitrogens with two attached hydrogens (primary N) is 1. The van der Waals surface area contributed by atoms with Crippen LogP contribution in [0.5, 0.6) is 0 Å². The first-order valence-corrected chi connectivity index (χ1v) is 6.91. The Balaban J connectivity index is 2.36. The van der Waals surface area contributed by atoms with Gasteiger partial charge in [0, 0.05) is 30.3 Å². The normalized spacial score (nSPS) is 22.1. The van der Waals surface area contributed by atoms with Crippen molar-refractivity contribution in [2.75, 3.05) is 6.54 Å². The predicted octanol–water partition coefficient (Wildman–Crippen LogP) is 2.08. The summed E-state index contributed by atoms with van der Waals surface area (Å²) in [6, 6.07) is 2.83. The maximum absolute atomic E-state index is 13.5. The second-order valence-electron chi connectivity index (χ2n) is 5.34. The monoisotopic (exact) mass is 295 g/mol. The van der Waals surface area contributed by atoms with Gasteiger partial charge < -0.3 is 10.6 Å². The van der Waals surface area contributed by atoms with Crippen LogP contribution in [0.1, 0.15) is 36.5 Å². The Morgan fingerprint density at radius 1 is 1.48 bits per heavy atom. The van der Waals surface area contributed by atoms with E-state index in [1.807, 2.05) is 6.92 Å². The van der Waals surface area contributed by atoms with Gasteiger partial charge in [-0.3, -0.25) is 14.9 Å². The highest BCUT2D eigenvalue weighted by atomic mass is 19.1. The second kappa shape index (κ2) is 6.17. The third kappa shape index (κ3) is 3.18. The lowest BCUT2D eigenvalue weighted by atomic mass is 9.95. The number of nitrogens with zero attached hydrogens (tertiary/aromatic N) is 2. The number of hydrogen-bond acceptors (Lipinski definition) is 4. The number of halogens is 1. The summed E-state index contributed by atoms with van der Waals surface area (Å²) in [4.78, 5) is 24.3. The number of likely N-dealkylation sites (tertiary alicyclic amines) is 1. The number of piperidine rings is 1. The zero-order chi connectivity index (χ0) is 15.6. The molecule has 0 saturated carbocycles. The van der Waals surface area contributed by atoms with Gasteiger partial charge in [0.05, 0.1) is 11.0 Å². The van der Waals surface area contributed by atoms with Crippen LogP contribution in [0.25, 0.3) is 0 Å². The van der Waals surface area contributed by atoms with E-state index in [0.29, 0.717) is 6.54 Å². The van der Waals surface area contributed by atoms with Gasteiger partial charge in [0.2, 0.25) is 0 Å². The van der Waals surface area contributed by atoms with Crippen LogP contribution < -0.4 is 5.73 Å². The molecule has 1 heterocycles.